The van der Waals surface area contributed by atoms with Crippen molar-refractivity contribution in [3.05, 3.63) is 17.0 Å². The third kappa shape index (κ3) is 3.87. The number of hydrogen-bond acceptors (Lipinski definition) is 3. The van der Waals surface area contributed by atoms with E-state index < -0.39 is 12.0 Å². The first-order chi connectivity index (χ1) is 10.3. The Morgan fingerprint density at radius 1 is 1.36 bits per heavy atom. The van der Waals surface area contributed by atoms with Crippen LogP contribution in [0.3, 0.4) is 0 Å². The van der Waals surface area contributed by atoms with E-state index in [4.69, 9.17) is 0 Å². The summed E-state index contributed by atoms with van der Waals surface area (Å²) in [5, 5.41) is 16.3. The van der Waals surface area contributed by atoms with Crippen LogP contribution in [0.4, 0.5) is 0 Å². The molecule has 2 N–H and O–H groups in total. The first-order valence-electron chi connectivity index (χ1n) is 7.84. The average Bonchev–Trinajstić information content (AvgIpc) is 3.20. The lowest BCUT2D eigenvalue weighted by molar-refractivity contribution is -0.142. The lowest BCUT2D eigenvalue weighted by Crippen LogP contribution is -2.43. The Hall–Kier alpha value is -1.85. The van der Waals surface area contributed by atoms with Gasteiger partial charge in [0.1, 0.15) is 6.04 Å². The van der Waals surface area contributed by atoms with E-state index in [1.807, 2.05) is 18.5 Å². The van der Waals surface area contributed by atoms with Gasteiger partial charge in [-0.05, 0) is 38.5 Å². The third-order valence-corrected chi connectivity index (χ3v) is 4.08. The van der Waals surface area contributed by atoms with Crippen molar-refractivity contribution in [1.82, 2.24) is 15.1 Å². The lowest BCUT2D eigenvalue weighted by Gasteiger charge is -2.13. The maximum absolute atomic E-state index is 12.2. The number of carboxylic acids is 1. The smallest absolute Gasteiger partial charge is 0.326 e. The highest BCUT2D eigenvalue weighted by Gasteiger charge is 2.37. The highest BCUT2D eigenvalue weighted by atomic mass is 16.4. The summed E-state index contributed by atoms with van der Waals surface area (Å²) in [6.45, 7) is 8.91. The summed E-state index contributed by atoms with van der Waals surface area (Å²) < 4.78 is 1.93. The van der Waals surface area contributed by atoms with Crippen LogP contribution in [0.5, 0.6) is 0 Å². The fourth-order valence-electron chi connectivity index (χ4n) is 2.71. The monoisotopic (exact) mass is 307 g/mol. The highest BCUT2D eigenvalue weighted by Crippen LogP contribution is 2.32. The molecular formula is C16H25N3O3. The number of aryl methyl sites for hydroxylation is 1. The molecule has 1 atom stereocenters. The Balaban J connectivity index is 2.05. The predicted octanol–water partition coefficient (Wildman–Crippen LogP) is 1.68. The minimum Gasteiger partial charge on any atom is -0.480 e. The van der Waals surface area contributed by atoms with Crippen LogP contribution in [0.15, 0.2) is 0 Å². The molecule has 0 saturated heterocycles. The quantitative estimate of drug-likeness (QED) is 0.802. The van der Waals surface area contributed by atoms with Gasteiger partial charge in [-0.3, -0.25) is 9.48 Å². The maximum Gasteiger partial charge on any atom is 0.326 e. The van der Waals surface area contributed by atoms with Crippen molar-refractivity contribution in [2.24, 2.45) is 11.8 Å². The molecule has 122 valence electrons. The summed E-state index contributed by atoms with van der Waals surface area (Å²) in [6, 6.07) is -0.751. The van der Waals surface area contributed by atoms with Gasteiger partial charge < -0.3 is 10.4 Å². The van der Waals surface area contributed by atoms with Gasteiger partial charge in [-0.2, -0.15) is 5.10 Å². The number of hydrogen-bond donors (Lipinski definition) is 2. The predicted molar refractivity (Wildman–Crippen MR) is 82.5 cm³/mol. The molecule has 1 aliphatic carbocycles. The fraction of sp³-hybridized carbons (Fsp3) is 0.688. The number of carbonyl (C=O) groups excluding carboxylic acids is 1. The van der Waals surface area contributed by atoms with Gasteiger partial charge in [-0.25, -0.2) is 4.79 Å². The van der Waals surface area contributed by atoms with Crippen LogP contribution in [0.2, 0.25) is 0 Å². The Morgan fingerprint density at radius 3 is 2.50 bits per heavy atom. The Bertz CT molecular complexity index is 573. The second kappa shape index (κ2) is 6.50. The van der Waals surface area contributed by atoms with Gasteiger partial charge >= 0.3 is 5.97 Å². The van der Waals surface area contributed by atoms with Crippen LogP contribution < -0.4 is 5.32 Å². The van der Waals surface area contributed by atoms with Crippen LogP contribution in [0.1, 0.15) is 43.6 Å². The molecule has 22 heavy (non-hydrogen) atoms. The van der Waals surface area contributed by atoms with E-state index in [2.05, 4.69) is 24.3 Å². The molecule has 0 spiro atoms. The molecule has 6 nitrogen and oxygen atoms in total. The van der Waals surface area contributed by atoms with E-state index in [9.17, 15) is 14.7 Å². The molecule has 1 aromatic heterocycles. The first kappa shape index (κ1) is 16.5. The standard InChI is InChI=1S/C16H25N3O3/c1-9(2)8-19-11(4)13(10(3)18-19)7-14(20)17-15(16(21)22)12-5-6-12/h9,12,15H,5-8H2,1-4H3,(H,17,20)(H,21,22). The molecule has 1 unspecified atom stereocenters. The largest absolute Gasteiger partial charge is 0.480 e. The van der Waals surface area contributed by atoms with Crippen LogP contribution in [-0.4, -0.2) is 32.8 Å². The normalized spacial score (nSPS) is 15.9. The van der Waals surface area contributed by atoms with E-state index in [1.165, 1.54) is 0 Å². The number of rotatable bonds is 7. The first-order valence-corrected chi connectivity index (χ1v) is 7.84. The molecule has 1 saturated carbocycles. The highest BCUT2D eigenvalue weighted by molar-refractivity contribution is 5.85. The Kier molecular flexibility index (Phi) is 4.88. The van der Waals surface area contributed by atoms with Crippen LogP contribution >= 0.6 is 0 Å². The Morgan fingerprint density at radius 2 is 2.00 bits per heavy atom. The third-order valence-electron chi connectivity index (χ3n) is 4.08. The molecular weight excluding hydrogens is 282 g/mol. The summed E-state index contributed by atoms with van der Waals surface area (Å²) >= 11 is 0. The molecule has 1 amide bonds. The molecule has 1 heterocycles. The number of aromatic nitrogens is 2. The molecule has 6 heteroatoms. The van der Waals surface area contributed by atoms with Crippen molar-refractivity contribution >= 4 is 11.9 Å². The van der Waals surface area contributed by atoms with Gasteiger partial charge in [0.2, 0.25) is 5.91 Å². The van der Waals surface area contributed by atoms with Crippen LogP contribution in [0.25, 0.3) is 0 Å². The summed E-state index contributed by atoms with van der Waals surface area (Å²) in [6.07, 6.45) is 1.94. The van der Waals surface area contributed by atoms with E-state index in [-0.39, 0.29) is 18.2 Å². The van der Waals surface area contributed by atoms with Crippen LogP contribution in [-0.2, 0) is 22.6 Å². The van der Waals surface area contributed by atoms with Gasteiger partial charge in [0.05, 0.1) is 12.1 Å². The number of nitrogens with zero attached hydrogens (tertiary/aromatic N) is 2. The summed E-state index contributed by atoms with van der Waals surface area (Å²) in [5.41, 5.74) is 2.73. The average molecular weight is 307 g/mol. The zero-order valence-electron chi connectivity index (χ0n) is 13.7. The number of aliphatic carboxylic acids is 1. The van der Waals surface area contributed by atoms with E-state index in [0.29, 0.717) is 5.92 Å². The number of carboxylic acid groups (broad SMARTS) is 1. The van der Waals surface area contributed by atoms with Crippen molar-refractivity contribution in [3.8, 4) is 0 Å². The molecule has 1 fully saturated rings. The summed E-state index contributed by atoms with van der Waals surface area (Å²) in [4.78, 5) is 23.4. The second-order valence-electron chi connectivity index (χ2n) is 6.62. The van der Waals surface area contributed by atoms with E-state index in [1.54, 1.807) is 0 Å². The number of carbonyl (C=O) groups is 2. The van der Waals surface area contributed by atoms with E-state index >= 15 is 0 Å². The van der Waals surface area contributed by atoms with Gasteiger partial charge in [-0.15, -0.1) is 0 Å². The SMILES string of the molecule is Cc1nn(CC(C)C)c(C)c1CC(=O)NC(C(=O)O)C1CC1. The van der Waals surface area contributed by atoms with Gasteiger partial charge in [0.25, 0.3) is 0 Å². The van der Waals surface area contributed by atoms with Gasteiger partial charge in [0.15, 0.2) is 0 Å². The molecule has 1 aliphatic rings. The lowest BCUT2D eigenvalue weighted by atomic mass is 10.1. The van der Waals surface area contributed by atoms with Crippen molar-refractivity contribution in [2.75, 3.05) is 0 Å². The fourth-order valence-corrected chi connectivity index (χ4v) is 2.71. The summed E-state index contributed by atoms with van der Waals surface area (Å²) in [7, 11) is 0. The van der Waals surface area contributed by atoms with Crippen LogP contribution in [0, 0.1) is 25.7 Å². The maximum atomic E-state index is 12.2. The number of nitrogens with one attached hydrogen (secondary N) is 1. The van der Waals surface area contributed by atoms with Gasteiger partial charge in [0, 0.05) is 17.8 Å². The second-order valence-corrected chi connectivity index (χ2v) is 6.62. The molecule has 2 rings (SSSR count). The molecule has 0 aliphatic heterocycles. The van der Waals surface area contributed by atoms with E-state index in [0.717, 1.165) is 36.3 Å². The topological polar surface area (TPSA) is 84.2 Å². The number of amides is 1. The zero-order valence-corrected chi connectivity index (χ0v) is 13.7. The van der Waals surface area contributed by atoms with Crippen molar-refractivity contribution in [3.63, 3.8) is 0 Å². The minimum atomic E-state index is -0.945. The van der Waals surface area contributed by atoms with Crippen molar-refractivity contribution in [2.45, 2.75) is 59.5 Å². The molecule has 0 aromatic carbocycles. The van der Waals surface area contributed by atoms with Crippen molar-refractivity contribution in [1.29, 1.82) is 0 Å². The van der Waals surface area contributed by atoms with Gasteiger partial charge in [-0.1, -0.05) is 13.8 Å². The summed E-state index contributed by atoms with van der Waals surface area (Å²) in [5.74, 6) is -0.618. The zero-order chi connectivity index (χ0) is 16.4. The van der Waals surface area contributed by atoms with Crippen molar-refractivity contribution < 1.29 is 14.7 Å². The molecule has 0 bridgehead atoms. The minimum absolute atomic E-state index is 0.0901. The molecule has 0 radical (unpaired) electrons. The molecule has 1 aromatic rings. The Labute approximate surface area is 130 Å².